The van der Waals surface area contributed by atoms with Gasteiger partial charge in [0.25, 0.3) is 5.91 Å². The van der Waals surface area contributed by atoms with Gasteiger partial charge < -0.3 is 24.8 Å². The number of aromatic amines is 1. The quantitative estimate of drug-likeness (QED) is 0.642. The number of nitrogens with one attached hydrogen (secondary N) is 3. The fourth-order valence-corrected chi connectivity index (χ4v) is 3.72. The minimum atomic E-state index is -0.448. The molecule has 2 aromatic rings. The number of methoxy groups -OCH3 is 1. The van der Waals surface area contributed by atoms with E-state index in [2.05, 4.69) is 20.8 Å². The standard InChI is InChI=1S/C21H26N4O5/c1-28-17-6-3-2-5-13(17)12-22-21(27)30-15-9-14(10-15)16-11-19(25-24-16)23-20(26)18-7-4-8-29-18/h2-3,5-6,11,14-15,18H,4,7-10,12H2,1H3,(H,22,27)(H2,23,24,25,26)/t14-,15+,18-/m1/s1. The number of benzene rings is 1. The van der Waals surface area contributed by atoms with Gasteiger partial charge in [0.2, 0.25) is 0 Å². The summed E-state index contributed by atoms with van der Waals surface area (Å²) in [4.78, 5) is 24.2. The highest BCUT2D eigenvalue weighted by atomic mass is 16.6. The molecule has 0 spiro atoms. The van der Waals surface area contributed by atoms with E-state index in [4.69, 9.17) is 14.2 Å². The van der Waals surface area contributed by atoms with Gasteiger partial charge in [0.1, 0.15) is 23.8 Å². The number of amides is 2. The van der Waals surface area contributed by atoms with Gasteiger partial charge in [-0.05, 0) is 31.7 Å². The molecule has 2 heterocycles. The minimum absolute atomic E-state index is 0.144. The molecule has 2 amide bonds. The van der Waals surface area contributed by atoms with Crippen molar-refractivity contribution in [3.8, 4) is 5.75 Å². The van der Waals surface area contributed by atoms with Crippen molar-refractivity contribution in [2.24, 2.45) is 0 Å². The summed E-state index contributed by atoms with van der Waals surface area (Å²) in [5.41, 5.74) is 1.74. The number of hydrogen-bond acceptors (Lipinski definition) is 6. The molecule has 9 nitrogen and oxygen atoms in total. The lowest BCUT2D eigenvalue weighted by Crippen LogP contribution is -2.36. The number of carbonyl (C=O) groups excluding carboxylic acids is 2. The largest absolute Gasteiger partial charge is 0.496 e. The van der Waals surface area contributed by atoms with E-state index in [1.165, 1.54) is 0 Å². The Labute approximate surface area is 174 Å². The average Bonchev–Trinajstić information content (AvgIpc) is 3.41. The van der Waals surface area contributed by atoms with Gasteiger partial charge >= 0.3 is 6.09 Å². The van der Waals surface area contributed by atoms with Gasteiger partial charge in [-0.25, -0.2) is 4.79 Å². The normalized spacial score (nSPS) is 22.8. The number of aromatic nitrogens is 2. The molecule has 2 fully saturated rings. The second-order valence-corrected chi connectivity index (χ2v) is 7.56. The number of alkyl carbamates (subject to hydrolysis) is 1. The van der Waals surface area contributed by atoms with Gasteiger partial charge in [-0.1, -0.05) is 18.2 Å². The summed E-state index contributed by atoms with van der Waals surface area (Å²) in [5, 5.41) is 12.7. The molecule has 1 saturated carbocycles. The third kappa shape index (κ3) is 4.73. The summed E-state index contributed by atoms with van der Waals surface area (Å²) >= 11 is 0. The third-order valence-electron chi connectivity index (χ3n) is 5.48. The van der Waals surface area contributed by atoms with Crippen LogP contribution in [0, 0.1) is 0 Å². The molecule has 0 unspecified atom stereocenters. The smallest absolute Gasteiger partial charge is 0.407 e. The molecule has 0 radical (unpaired) electrons. The summed E-state index contributed by atoms with van der Waals surface area (Å²) < 4.78 is 16.1. The number of carbonyl (C=O) groups is 2. The number of H-pyrrole nitrogens is 1. The van der Waals surface area contributed by atoms with Crippen LogP contribution in [-0.4, -0.2) is 48.1 Å². The van der Waals surface area contributed by atoms with E-state index in [9.17, 15) is 9.59 Å². The summed E-state index contributed by atoms with van der Waals surface area (Å²) in [6, 6.07) is 9.34. The molecule has 9 heteroatoms. The van der Waals surface area contributed by atoms with Crippen molar-refractivity contribution in [2.75, 3.05) is 19.0 Å². The second kappa shape index (κ2) is 9.17. The summed E-state index contributed by atoms with van der Waals surface area (Å²) in [5.74, 6) is 1.33. The molecule has 1 aliphatic carbocycles. The molecule has 1 aromatic carbocycles. The fraction of sp³-hybridized carbons (Fsp3) is 0.476. The minimum Gasteiger partial charge on any atom is -0.496 e. The Bertz CT molecular complexity index is 887. The van der Waals surface area contributed by atoms with E-state index in [1.807, 2.05) is 30.3 Å². The van der Waals surface area contributed by atoms with E-state index < -0.39 is 6.09 Å². The number of nitrogens with zero attached hydrogens (tertiary/aromatic N) is 1. The maximum Gasteiger partial charge on any atom is 0.407 e. The highest BCUT2D eigenvalue weighted by Crippen LogP contribution is 2.38. The second-order valence-electron chi connectivity index (χ2n) is 7.56. The Morgan fingerprint density at radius 2 is 2.13 bits per heavy atom. The monoisotopic (exact) mass is 414 g/mol. The van der Waals surface area contributed by atoms with Crippen LogP contribution in [0.2, 0.25) is 0 Å². The topological polar surface area (TPSA) is 115 Å². The van der Waals surface area contributed by atoms with Crippen molar-refractivity contribution in [1.29, 1.82) is 0 Å². The van der Waals surface area contributed by atoms with Crippen molar-refractivity contribution in [3.05, 3.63) is 41.6 Å². The van der Waals surface area contributed by atoms with Crippen molar-refractivity contribution in [3.63, 3.8) is 0 Å². The van der Waals surface area contributed by atoms with Crippen LogP contribution in [0.3, 0.4) is 0 Å². The molecule has 30 heavy (non-hydrogen) atoms. The first kappa shape index (κ1) is 20.2. The van der Waals surface area contributed by atoms with Gasteiger partial charge in [0.05, 0.1) is 12.8 Å². The van der Waals surface area contributed by atoms with Crippen LogP contribution in [0.5, 0.6) is 5.75 Å². The molecule has 1 aliphatic heterocycles. The van der Waals surface area contributed by atoms with Gasteiger partial charge in [-0.15, -0.1) is 0 Å². The number of anilines is 1. The van der Waals surface area contributed by atoms with E-state index >= 15 is 0 Å². The Morgan fingerprint density at radius 1 is 1.30 bits per heavy atom. The molecule has 0 bridgehead atoms. The van der Waals surface area contributed by atoms with Crippen molar-refractivity contribution >= 4 is 17.8 Å². The molecule has 160 valence electrons. The predicted molar refractivity (Wildman–Crippen MR) is 108 cm³/mol. The number of ether oxygens (including phenoxy) is 3. The van der Waals surface area contributed by atoms with E-state index in [0.717, 1.165) is 29.8 Å². The maximum absolute atomic E-state index is 12.1. The first-order valence-electron chi connectivity index (χ1n) is 10.2. The average molecular weight is 414 g/mol. The summed E-state index contributed by atoms with van der Waals surface area (Å²) in [6.07, 6.45) is 2.08. The van der Waals surface area contributed by atoms with Crippen LogP contribution in [0.4, 0.5) is 10.6 Å². The Hall–Kier alpha value is -3.07. The number of para-hydroxylation sites is 1. The maximum atomic E-state index is 12.1. The van der Waals surface area contributed by atoms with Gasteiger partial charge in [0, 0.05) is 30.7 Å². The highest BCUT2D eigenvalue weighted by Gasteiger charge is 2.35. The first-order valence-corrected chi connectivity index (χ1v) is 10.2. The zero-order valence-electron chi connectivity index (χ0n) is 16.8. The van der Waals surface area contributed by atoms with Crippen LogP contribution in [0.1, 0.15) is 42.9 Å². The summed E-state index contributed by atoms with van der Waals surface area (Å²) in [6.45, 7) is 0.967. The molecular weight excluding hydrogens is 388 g/mol. The van der Waals surface area contributed by atoms with Gasteiger partial charge in [-0.3, -0.25) is 9.89 Å². The zero-order chi connectivity index (χ0) is 20.9. The molecule has 1 saturated heterocycles. The number of rotatable bonds is 7. The van der Waals surface area contributed by atoms with E-state index in [0.29, 0.717) is 31.8 Å². The van der Waals surface area contributed by atoms with Gasteiger partial charge in [-0.2, -0.15) is 5.10 Å². The van der Waals surface area contributed by atoms with Crippen LogP contribution in [-0.2, 0) is 20.8 Å². The number of hydrogen-bond donors (Lipinski definition) is 3. The van der Waals surface area contributed by atoms with E-state index in [1.54, 1.807) is 7.11 Å². The lowest BCUT2D eigenvalue weighted by molar-refractivity contribution is -0.124. The van der Waals surface area contributed by atoms with Crippen LogP contribution >= 0.6 is 0 Å². The van der Waals surface area contributed by atoms with Gasteiger partial charge in [0.15, 0.2) is 0 Å². The lowest BCUT2D eigenvalue weighted by atomic mass is 9.80. The van der Waals surface area contributed by atoms with Crippen molar-refractivity contribution < 1.29 is 23.8 Å². The van der Waals surface area contributed by atoms with Crippen LogP contribution in [0.15, 0.2) is 30.3 Å². The molecule has 4 rings (SSSR count). The molecule has 3 N–H and O–H groups in total. The molecule has 2 aliphatic rings. The zero-order valence-corrected chi connectivity index (χ0v) is 16.8. The highest BCUT2D eigenvalue weighted by molar-refractivity contribution is 5.93. The SMILES string of the molecule is COc1ccccc1CNC(=O)O[C@H]1C[C@@H](c2cc(NC(=O)[C@H]3CCCO3)[nH]n2)C1. The molecular formula is C21H26N4O5. The molecule has 1 atom stereocenters. The third-order valence-corrected chi connectivity index (χ3v) is 5.48. The first-order chi connectivity index (χ1) is 14.6. The Balaban J connectivity index is 1.19. The lowest BCUT2D eigenvalue weighted by Gasteiger charge is -2.33. The van der Waals surface area contributed by atoms with E-state index in [-0.39, 0.29) is 24.0 Å². The van der Waals surface area contributed by atoms with Crippen molar-refractivity contribution in [2.45, 2.75) is 50.4 Å². The molecule has 1 aromatic heterocycles. The van der Waals surface area contributed by atoms with Crippen molar-refractivity contribution in [1.82, 2.24) is 15.5 Å². The van der Waals surface area contributed by atoms with Crippen LogP contribution in [0.25, 0.3) is 0 Å². The Kier molecular flexibility index (Phi) is 6.18. The van der Waals surface area contributed by atoms with Crippen LogP contribution < -0.4 is 15.4 Å². The fourth-order valence-electron chi connectivity index (χ4n) is 3.72. The Morgan fingerprint density at radius 3 is 2.90 bits per heavy atom. The predicted octanol–water partition coefficient (Wildman–Crippen LogP) is 2.71. The summed E-state index contributed by atoms with van der Waals surface area (Å²) in [7, 11) is 1.60.